The smallest absolute Gasteiger partial charge is 0.276 e. The number of hydrogen-bond acceptors (Lipinski definition) is 4. The summed E-state index contributed by atoms with van der Waals surface area (Å²) >= 11 is 14.3. The zero-order valence-corrected chi connectivity index (χ0v) is 17.7. The van der Waals surface area contributed by atoms with Gasteiger partial charge in [-0.2, -0.15) is 0 Å². The SMILES string of the molecule is Cc1cc(OCC(=O)NNC(=S)NC(=O)c2ccc(C)c(Br)c2)ccc1Cl. The second-order valence-corrected chi connectivity index (χ2v) is 7.29. The monoisotopic (exact) mass is 469 g/mol. The van der Waals surface area contributed by atoms with E-state index >= 15 is 0 Å². The van der Waals surface area contributed by atoms with E-state index in [2.05, 4.69) is 32.1 Å². The number of carbonyl (C=O) groups is 2. The number of ether oxygens (including phenoxy) is 1. The highest BCUT2D eigenvalue weighted by molar-refractivity contribution is 9.10. The van der Waals surface area contributed by atoms with Gasteiger partial charge in [-0.05, 0) is 67.5 Å². The van der Waals surface area contributed by atoms with Crippen LogP contribution in [0.5, 0.6) is 5.75 Å². The molecule has 0 aliphatic heterocycles. The maximum absolute atomic E-state index is 12.1. The fraction of sp³-hybridized carbons (Fsp3) is 0.167. The van der Waals surface area contributed by atoms with Gasteiger partial charge in [0.05, 0.1) is 0 Å². The molecule has 2 amide bonds. The summed E-state index contributed by atoms with van der Waals surface area (Å²) < 4.78 is 6.18. The molecule has 0 radical (unpaired) electrons. The molecular weight excluding hydrogens is 454 g/mol. The molecule has 0 atom stereocenters. The van der Waals surface area contributed by atoms with Gasteiger partial charge in [0.15, 0.2) is 11.7 Å². The first kappa shape index (κ1) is 21.1. The Kier molecular flexibility index (Phi) is 7.58. The van der Waals surface area contributed by atoms with Crippen molar-refractivity contribution in [1.82, 2.24) is 16.2 Å². The van der Waals surface area contributed by atoms with Crippen LogP contribution < -0.4 is 20.9 Å². The van der Waals surface area contributed by atoms with Crippen molar-refractivity contribution >= 4 is 56.7 Å². The molecule has 9 heteroatoms. The zero-order chi connectivity index (χ0) is 20.0. The van der Waals surface area contributed by atoms with Crippen LogP contribution in [-0.2, 0) is 4.79 Å². The molecule has 0 unspecified atom stereocenters. The summed E-state index contributed by atoms with van der Waals surface area (Å²) in [5.74, 6) is -0.333. The van der Waals surface area contributed by atoms with E-state index in [9.17, 15) is 9.59 Å². The molecule has 3 N–H and O–H groups in total. The van der Waals surface area contributed by atoms with E-state index in [1.165, 1.54) is 0 Å². The van der Waals surface area contributed by atoms with Crippen LogP contribution in [0.25, 0.3) is 0 Å². The van der Waals surface area contributed by atoms with Gasteiger partial charge in [-0.3, -0.25) is 25.8 Å². The van der Waals surface area contributed by atoms with Crippen molar-refractivity contribution < 1.29 is 14.3 Å². The van der Waals surface area contributed by atoms with Crippen molar-refractivity contribution in [1.29, 1.82) is 0 Å². The van der Waals surface area contributed by atoms with Crippen molar-refractivity contribution in [3.05, 3.63) is 62.6 Å². The van der Waals surface area contributed by atoms with E-state index in [0.717, 1.165) is 15.6 Å². The minimum Gasteiger partial charge on any atom is -0.484 e. The third-order valence-corrected chi connectivity index (χ3v) is 4.96. The molecule has 2 aromatic carbocycles. The summed E-state index contributed by atoms with van der Waals surface area (Å²) in [7, 11) is 0. The Morgan fingerprint density at radius 3 is 2.52 bits per heavy atom. The third-order valence-electron chi connectivity index (χ3n) is 3.48. The standard InChI is InChI=1S/C18H17BrClN3O3S/c1-10-3-4-12(8-14(10)19)17(25)21-18(27)23-22-16(24)9-26-13-5-6-15(20)11(2)7-13/h3-8H,9H2,1-2H3,(H,22,24)(H2,21,23,25,27). The normalized spacial score (nSPS) is 10.1. The highest BCUT2D eigenvalue weighted by Crippen LogP contribution is 2.21. The summed E-state index contributed by atoms with van der Waals surface area (Å²) in [4.78, 5) is 23.9. The van der Waals surface area contributed by atoms with Crippen molar-refractivity contribution in [3.63, 3.8) is 0 Å². The molecule has 2 rings (SSSR count). The lowest BCUT2D eigenvalue weighted by molar-refractivity contribution is -0.123. The summed E-state index contributed by atoms with van der Waals surface area (Å²) in [6.45, 7) is 3.53. The van der Waals surface area contributed by atoms with E-state index in [0.29, 0.717) is 16.3 Å². The number of rotatable bonds is 4. The van der Waals surface area contributed by atoms with E-state index in [1.54, 1.807) is 30.3 Å². The molecule has 0 aliphatic carbocycles. The van der Waals surface area contributed by atoms with Crippen LogP contribution in [-0.4, -0.2) is 23.5 Å². The lowest BCUT2D eigenvalue weighted by Gasteiger charge is -2.12. The quantitative estimate of drug-likeness (QED) is 0.471. The van der Waals surface area contributed by atoms with Gasteiger partial charge >= 0.3 is 0 Å². The third kappa shape index (κ3) is 6.50. The molecule has 0 heterocycles. The Bertz CT molecular complexity index is 892. The number of benzene rings is 2. The van der Waals surface area contributed by atoms with E-state index < -0.39 is 11.8 Å². The van der Waals surface area contributed by atoms with Crippen LogP contribution in [0.4, 0.5) is 0 Å². The van der Waals surface area contributed by atoms with E-state index in [4.69, 9.17) is 28.6 Å². The van der Waals surface area contributed by atoms with Crippen molar-refractivity contribution in [2.24, 2.45) is 0 Å². The first-order valence-corrected chi connectivity index (χ1v) is 9.39. The number of halogens is 2. The number of hydrazine groups is 1. The van der Waals surface area contributed by atoms with Crippen molar-refractivity contribution in [2.75, 3.05) is 6.61 Å². The number of nitrogens with one attached hydrogen (secondary N) is 3. The van der Waals surface area contributed by atoms with Crippen LogP contribution in [0.15, 0.2) is 40.9 Å². The minimum atomic E-state index is -0.461. The number of amides is 2. The predicted molar refractivity (Wildman–Crippen MR) is 112 cm³/mol. The Morgan fingerprint density at radius 2 is 1.85 bits per heavy atom. The lowest BCUT2D eigenvalue weighted by Crippen LogP contribution is -2.49. The fourth-order valence-electron chi connectivity index (χ4n) is 1.96. The molecule has 6 nitrogen and oxygen atoms in total. The van der Waals surface area contributed by atoms with Crippen LogP contribution in [0, 0.1) is 13.8 Å². The topological polar surface area (TPSA) is 79.5 Å². The Hall–Kier alpha value is -2.16. The van der Waals surface area contributed by atoms with Gasteiger partial charge in [0, 0.05) is 15.1 Å². The first-order chi connectivity index (χ1) is 12.8. The molecular formula is C18H17BrClN3O3S. The number of thiocarbonyl (C=S) groups is 1. The molecule has 0 fully saturated rings. The second kappa shape index (κ2) is 9.68. The van der Waals surface area contributed by atoms with Crippen LogP contribution in [0.1, 0.15) is 21.5 Å². The summed E-state index contributed by atoms with van der Waals surface area (Å²) in [5, 5.41) is 3.06. The molecule has 27 heavy (non-hydrogen) atoms. The summed E-state index contributed by atoms with van der Waals surface area (Å²) in [6.07, 6.45) is 0. The molecule has 0 aliphatic rings. The van der Waals surface area contributed by atoms with Gasteiger partial charge in [0.25, 0.3) is 11.8 Å². The van der Waals surface area contributed by atoms with Gasteiger partial charge in [-0.25, -0.2) is 0 Å². The average Bonchev–Trinajstić information content (AvgIpc) is 2.63. The molecule has 0 spiro atoms. The zero-order valence-electron chi connectivity index (χ0n) is 14.6. The molecule has 142 valence electrons. The largest absolute Gasteiger partial charge is 0.484 e. The van der Waals surface area contributed by atoms with Crippen LogP contribution in [0.2, 0.25) is 5.02 Å². The van der Waals surface area contributed by atoms with Crippen LogP contribution >= 0.6 is 39.7 Å². The molecule has 0 saturated carbocycles. The highest BCUT2D eigenvalue weighted by atomic mass is 79.9. The van der Waals surface area contributed by atoms with Gasteiger partial charge in [0.2, 0.25) is 0 Å². The second-order valence-electron chi connectivity index (χ2n) is 5.62. The molecule has 0 bridgehead atoms. The van der Waals surface area contributed by atoms with Gasteiger partial charge in [0.1, 0.15) is 5.75 Å². The van der Waals surface area contributed by atoms with Gasteiger partial charge < -0.3 is 4.74 Å². The maximum Gasteiger partial charge on any atom is 0.276 e. The lowest BCUT2D eigenvalue weighted by atomic mass is 10.1. The molecule has 0 aromatic heterocycles. The maximum atomic E-state index is 12.1. The summed E-state index contributed by atoms with van der Waals surface area (Å²) in [6, 6.07) is 10.3. The van der Waals surface area contributed by atoms with Gasteiger partial charge in [-0.1, -0.05) is 33.6 Å². The van der Waals surface area contributed by atoms with Crippen LogP contribution in [0.3, 0.4) is 0 Å². The van der Waals surface area contributed by atoms with Crippen molar-refractivity contribution in [2.45, 2.75) is 13.8 Å². The Labute approximate surface area is 175 Å². The minimum absolute atomic E-state index is 0.0348. The summed E-state index contributed by atoms with van der Waals surface area (Å²) in [5.41, 5.74) is 7.09. The molecule has 0 saturated heterocycles. The number of hydrogen-bond donors (Lipinski definition) is 3. The highest BCUT2D eigenvalue weighted by Gasteiger charge is 2.10. The van der Waals surface area contributed by atoms with Crippen molar-refractivity contribution in [3.8, 4) is 5.75 Å². The Morgan fingerprint density at radius 1 is 1.11 bits per heavy atom. The fourth-order valence-corrected chi connectivity index (χ4v) is 2.60. The van der Waals surface area contributed by atoms with E-state index in [1.807, 2.05) is 19.9 Å². The predicted octanol–water partition coefficient (Wildman–Crippen LogP) is 3.43. The van der Waals surface area contributed by atoms with Gasteiger partial charge in [-0.15, -0.1) is 0 Å². The Balaban J connectivity index is 1.77. The van der Waals surface area contributed by atoms with E-state index in [-0.39, 0.29) is 11.7 Å². The number of carbonyl (C=O) groups excluding carboxylic acids is 2. The first-order valence-electron chi connectivity index (χ1n) is 7.81. The number of aryl methyl sites for hydroxylation is 2. The molecule has 2 aromatic rings. The average molecular weight is 471 g/mol.